The van der Waals surface area contributed by atoms with E-state index in [4.69, 9.17) is 0 Å². The van der Waals surface area contributed by atoms with E-state index in [9.17, 15) is 9.90 Å². The molecule has 0 radical (unpaired) electrons. The minimum atomic E-state index is 0.00588. The maximum absolute atomic E-state index is 14.0. The first-order chi connectivity index (χ1) is 27.3. The van der Waals surface area contributed by atoms with Crippen molar-refractivity contribution < 1.29 is 14.5 Å². The molecule has 4 nitrogen and oxygen atoms in total. The van der Waals surface area contributed by atoms with Gasteiger partial charge in [-0.05, 0) is 45.2 Å². The van der Waals surface area contributed by atoms with Gasteiger partial charge in [0.15, 0.2) is 5.71 Å². The normalized spacial score (nSPS) is 15.8. The van der Waals surface area contributed by atoms with E-state index in [1.807, 2.05) is 0 Å². The lowest BCUT2D eigenvalue weighted by Crippen LogP contribution is -2.29. The van der Waals surface area contributed by atoms with Crippen molar-refractivity contribution in [2.75, 3.05) is 6.54 Å². The molecule has 0 amide bonds. The van der Waals surface area contributed by atoms with Gasteiger partial charge >= 0.3 is 0 Å². The van der Waals surface area contributed by atoms with Crippen LogP contribution in [0.2, 0.25) is 0 Å². The monoisotopic (exact) mass is 774 g/mol. The number of rotatable bonds is 35. The van der Waals surface area contributed by atoms with E-state index in [0.717, 1.165) is 48.5 Å². The first kappa shape index (κ1) is 48.0. The van der Waals surface area contributed by atoms with Gasteiger partial charge in [-0.2, -0.15) is 4.58 Å². The molecule has 0 saturated carbocycles. The molecule has 1 aliphatic heterocycles. The fourth-order valence-corrected chi connectivity index (χ4v) is 9.42. The molecule has 2 heterocycles. The molecule has 1 aliphatic carbocycles. The summed E-state index contributed by atoms with van der Waals surface area (Å²) in [5.74, 6) is 0.199. The Hall–Kier alpha value is -2.36. The second-order valence-corrected chi connectivity index (χ2v) is 18.0. The van der Waals surface area contributed by atoms with Crippen molar-refractivity contribution in [1.82, 2.24) is 4.57 Å². The Morgan fingerprint density at radius 1 is 0.518 bits per heavy atom. The number of hydrogen-bond donors (Lipinski definition) is 1. The van der Waals surface area contributed by atoms with Gasteiger partial charge in [-0.1, -0.05) is 200 Å². The highest BCUT2D eigenvalue weighted by Gasteiger charge is 2.45. The number of aromatic nitrogens is 1. The van der Waals surface area contributed by atoms with E-state index >= 15 is 0 Å². The molecule has 0 aromatic carbocycles. The highest BCUT2D eigenvalue weighted by molar-refractivity contribution is 6.39. The van der Waals surface area contributed by atoms with Gasteiger partial charge in [0.1, 0.15) is 17.9 Å². The van der Waals surface area contributed by atoms with Gasteiger partial charge in [-0.3, -0.25) is 4.79 Å². The van der Waals surface area contributed by atoms with Crippen molar-refractivity contribution in [2.24, 2.45) is 0 Å². The molecule has 1 aromatic heterocycles. The minimum Gasteiger partial charge on any atom is -0.506 e. The van der Waals surface area contributed by atoms with E-state index in [2.05, 4.69) is 62.8 Å². The third-order valence-electron chi connectivity index (χ3n) is 12.9. The Balaban J connectivity index is 1.36. The number of aliphatic hydroxyl groups excluding tert-OH is 1. The second-order valence-electron chi connectivity index (χ2n) is 18.0. The molecule has 3 rings (SSSR count). The highest BCUT2D eigenvalue weighted by atomic mass is 16.3. The van der Waals surface area contributed by atoms with Crippen molar-refractivity contribution in [3.05, 3.63) is 51.7 Å². The number of hydrogen-bond acceptors (Lipinski definition) is 2. The van der Waals surface area contributed by atoms with Gasteiger partial charge < -0.3 is 9.67 Å². The van der Waals surface area contributed by atoms with Crippen LogP contribution in [0.3, 0.4) is 0 Å². The van der Waals surface area contributed by atoms with Gasteiger partial charge in [-0.15, -0.1) is 0 Å². The molecule has 2 aliphatic rings. The van der Waals surface area contributed by atoms with Crippen LogP contribution in [0.4, 0.5) is 0 Å². The number of aliphatic hydroxyl groups is 1. The SMILES string of the molecule is CCCCCCCCCCCCCCCCCCn1c(C)cc(C)c1C1=C(O)C(=C2C(C)=CC(C)=[N+]2CCCCCCCCCCCCCCCCCC)C1=O. The molecule has 56 heavy (non-hydrogen) atoms. The zero-order valence-corrected chi connectivity index (χ0v) is 37.9. The smallest absolute Gasteiger partial charge is 0.223 e. The molecule has 1 N–H and O–H groups in total. The molecule has 0 unspecified atom stereocenters. The summed E-state index contributed by atoms with van der Waals surface area (Å²) in [5, 5.41) is 11.6. The zero-order chi connectivity index (χ0) is 40.4. The van der Waals surface area contributed by atoms with Crippen molar-refractivity contribution in [3.63, 3.8) is 0 Å². The van der Waals surface area contributed by atoms with Crippen molar-refractivity contribution in [2.45, 2.75) is 254 Å². The van der Waals surface area contributed by atoms with Gasteiger partial charge in [0, 0.05) is 37.2 Å². The van der Waals surface area contributed by atoms with Crippen LogP contribution in [0.5, 0.6) is 0 Å². The third kappa shape index (κ3) is 16.5. The molecular formula is C52H89N2O2+. The molecule has 1 aromatic rings. The molecule has 0 saturated heterocycles. The van der Waals surface area contributed by atoms with Gasteiger partial charge in [0.05, 0.1) is 11.3 Å². The summed E-state index contributed by atoms with van der Waals surface area (Å²) in [7, 11) is 0. The van der Waals surface area contributed by atoms with Crippen LogP contribution in [0, 0.1) is 13.8 Å². The predicted molar refractivity (Wildman–Crippen MR) is 244 cm³/mol. The summed E-state index contributed by atoms with van der Waals surface area (Å²) in [4.78, 5) is 14.0. The maximum Gasteiger partial charge on any atom is 0.223 e. The summed E-state index contributed by atoms with van der Waals surface area (Å²) in [6.07, 6.45) is 45.8. The number of nitrogens with zero attached hydrogens (tertiary/aromatic N) is 2. The summed E-state index contributed by atoms with van der Waals surface area (Å²) in [6, 6.07) is 2.18. The maximum atomic E-state index is 14.0. The van der Waals surface area contributed by atoms with Crippen molar-refractivity contribution in [3.8, 4) is 0 Å². The Kier molecular flexibility index (Phi) is 24.8. The zero-order valence-electron chi connectivity index (χ0n) is 37.9. The van der Waals surface area contributed by atoms with Crippen molar-refractivity contribution >= 4 is 17.1 Å². The number of allylic oxidation sites excluding steroid dienone is 4. The summed E-state index contributed by atoms with van der Waals surface area (Å²) in [5.41, 5.74) is 7.44. The van der Waals surface area contributed by atoms with Gasteiger partial charge in [0.25, 0.3) is 0 Å². The number of aryl methyl sites for hydroxylation is 2. The molecule has 0 spiro atoms. The van der Waals surface area contributed by atoms with Crippen LogP contribution in [-0.2, 0) is 11.3 Å². The fraction of sp³-hybridized carbons (Fsp3) is 0.769. The first-order valence-corrected chi connectivity index (χ1v) is 24.5. The third-order valence-corrected chi connectivity index (χ3v) is 12.9. The lowest BCUT2D eigenvalue weighted by Gasteiger charge is -2.24. The van der Waals surface area contributed by atoms with Crippen LogP contribution < -0.4 is 0 Å². The Labute approximate surface area is 346 Å². The van der Waals surface area contributed by atoms with E-state index in [-0.39, 0.29) is 11.5 Å². The van der Waals surface area contributed by atoms with Crippen molar-refractivity contribution in [1.29, 1.82) is 0 Å². The van der Waals surface area contributed by atoms with E-state index in [1.165, 1.54) is 204 Å². The Morgan fingerprint density at radius 2 is 0.893 bits per heavy atom. The average Bonchev–Trinajstić information content (AvgIpc) is 3.61. The molecular weight excluding hydrogens is 685 g/mol. The quantitative estimate of drug-likeness (QED) is 0.0424. The lowest BCUT2D eigenvalue weighted by molar-refractivity contribution is -0.471. The van der Waals surface area contributed by atoms with Crippen LogP contribution in [0.15, 0.2) is 34.7 Å². The van der Waals surface area contributed by atoms with Crippen LogP contribution in [0.1, 0.15) is 250 Å². The average molecular weight is 774 g/mol. The number of unbranched alkanes of at least 4 members (excludes halogenated alkanes) is 30. The lowest BCUT2D eigenvalue weighted by atomic mass is 9.82. The number of ketones is 1. The number of Topliss-reactive ketones (excluding diaryl/α,β-unsaturated/α-hetero) is 1. The van der Waals surface area contributed by atoms with Crippen LogP contribution in [-0.4, -0.2) is 32.3 Å². The van der Waals surface area contributed by atoms with Crippen LogP contribution in [0.25, 0.3) is 5.57 Å². The summed E-state index contributed by atoms with van der Waals surface area (Å²) in [6.45, 7) is 14.9. The van der Waals surface area contributed by atoms with Gasteiger partial charge in [0.2, 0.25) is 11.5 Å². The topological polar surface area (TPSA) is 45.2 Å². The molecule has 0 fully saturated rings. The summed E-state index contributed by atoms with van der Waals surface area (Å²) < 4.78 is 4.60. The first-order valence-electron chi connectivity index (χ1n) is 24.5. The summed E-state index contributed by atoms with van der Waals surface area (Å²) >= 11 is 0. The van der Waals surface area contributed by atoms with Crippen LogP contribution >= 0.6 is 0 Å². The predicted octanol–water partition coefficient (Wildman–Crippen LogP) is 16.2. The van der Waals surface area contributed by atoms with E-state index in [1.54, 1.807) is 0 Å². The molecule has 318 valence electrons. The molecule has 0 bridgehead atoms. The highest BCUT2D eigenvalue weighted by Crippen LogP contribution is 2.42. The molecule has 4 heteroatoms. The fourth-order valence-electron chi connectivity index (χ4n) is 9.42. The molecule has 0 atom stereocenters. The number of carbonyl (C=O) groups excluding carboxylic acids is 1. The standard InChI is InChI=1S/C52H88N2O2/c1-7-9-11-13-15-17-19-21-23-25-27-29-31-33-35-37-39-53-45(5)41-43(3)49(53)47-51(55)48(52(47)56)50-44(4)42-46(6)54(50)40-38-36-34-32-30-28-26-24-22-20-18-16-14-12-10-8-2/h41-42H,7-40H2,1-6H3/p+1. The second kappa shape index (κ2) is 28.9. The largest absolute Gasteiger partial charge is 0.506 e. The van der Waals surface area contributed by atoms with E-state index < -0.39 is 0 Å². The Morgan fingerprint density at radius 3 is 1.29 bits per heavy atom. The van der Waals surface area contributed by atoms with E-state index in [0.29, 0.717) is 11.1 Å². The minimum absolute atomic E-state index is 0.00588. The Bertz CT molecular complexity index is 1400. The number of carbonyl (C=O) groups is 1. The van der Waals surface area contributed by atoms with Gasteiger partial charge in [-0.25, -0.2) is 0 Å².